The van der Waals surface area contributed by atoms with E-state index in [4.69, 9.17) is 0 Å². The molecule has 1 aromatic rings. The SMILES string of the molecule is CCC(Br)CCNS(=O)(=O)c1cc(F)ccc1C. The molecule has 0 amide bonds. The fourth-order valence-corrected chi connectivity index (χ4v) is 3.03. The Bertz CT molecular complexity index is 505. The number of nitrogens with one attached hydrogen (secondary N) is 1. The summed E-state index contributed by atoms with van der Waals surface area (Å²) in [5.41, 5.74) is 0.537. The monoisotopic (exact) mass is 337 g/mol. The van der Waals surface area contributed by atoms with Crippen LogP contribution in [0.2, 0.25) is 0 Å². The van der Waals surface area contributed by atoms with Crippen molar-refractivity contribution in [2.45, 2.75) is 36.4 Å². The van der Waals surface area contributed by atoms with Crippen LogP contribution in [0.4, 0.5) is 4.39 Å². The number of hydrogen-bond donors (Lipinski definition) is 1. The summed E-state index contributed by atoms with van der Waals surface area (Å²) < 4.78 is 39.5. The molecule has 0 aliphatic carbocycles. The van der Waals surface area contributed by atoms with E-state index in [1.807, 2.05) is 6.92 Å². The van der Waals surface area contributed by atoms with E-state index < -0.39 is 15.8 Å². The van der Waals surface area contributed by atoms with Crippen molar-refractivity contribution in [3.8, 4) is 0 Å². The van der Waals surface area contributed by atoms with Gasteiger partial charge in [-0.15, -0.1) is 0 Å². The highest BCUT2D eigenvalue weighted by atomic mass is 79.9. The first kappa shape index (κ1) is 15.6. The molecule has 1 atom stereocenters. The number of sulfonamides is 1. The standard InChI is InChI=1S/C12H17BrFNO2S/c1-3-10(13)6-7-15-18(16,17)12-8-11(14)5-4-9(12)2/h4-5,8,10,15H,3,6-7H2,1-2H3. The van der Waals surface area contributed by atoms with Crippen LogP contribution < -0.4 is 4.72 Å². The van der Waals surface area contributed by atoms with Gasteiger partial charge < -0.3 is 0 Å². The van der Waals surface area contributed by atoms with Gasteiger partial charge in [0, 0.05) is 11.4 Å². The van der Waals surface area contributed by atoms with Crippen LogP contribution in [-0.2, 0) is 10.0 Å². The Morgan fingerprint density at radius 3 is 2.72 bits per heavy atom. The van der Waals surface area contributed by atoms with Crippen LogP contribution in [0.5, 0.6) is 0 Å². The number of aryl methyl sites for hydroxylation is 1. The second-order valence-corrected chi connectivity index (χ2v) is 7.13. The van der Waals surface area contributed by atoms with Crippen molar-refractivity contribution in [3.05, 3.63) is 29.6 Å². The highest BCUT2D eigenvalue weighted by molar-refractivity contribution is 9.09. The van der Waals surface area contributed by atoms with E-state index >= 15 is 0 Å². The van der Waals surface area contributed by atoms with E-state index in [1.165, 1.54) is 12.1 Å². The lowest BCUT2D eigenvalue weighted by Gasteiger charge is -2.11. The second kappa shape index (κ2) is 6.63. The lowest BCUT2D eigenvalue weighted by atomic mass is 10.2. The molecule has 102 valence electrons. The van der Waals surface area contributed by atoms with Gasteiger partial charge in [-0.05, 0) is 37.5 Å². The molecule has 0 aromatic heterocycles. The summed E-state index contributed by atoms with van der Waals surface area (Å²) in [5.74, 6) is -0.548. The fraction of sp³-hybridized carbons (Fsp3) is 0.500. The predicted molar refractivity (Wildman–Crippen MR) is 73.9 cm³/mol. The Kier molecular flexibility index (Phi) is 5.75. The van der Waals surface area contributed by atoms with Crippen LogP contribution in [0, 0.1) is 12.7 Å². The summed E-state index contributed by atoms with van der Waals surface area (Å²) in [6, 6.07) is 3.76. The van der Waals surface area contributed by atoms with E-state index in [9.17, 15) is 12.8 Å². The molecule has 1 unspecified atom stereocenters. The third-order valence-electron chi connectivity index (χ3n) is 2.63. The third kappa shape index (κ3) is 4.33. The van der Waals surface area contributed by atoms with Crippen molar-refractivity contribution < 1.29 is 12.8 Å². The summed E-state index contributed by atoms with van der Waals surface area (Å²) in [5, 5.41) is 0. The average Bonchev–Trinajstić information content (AvgIpc) is 2.31. The van der Waals surface area contributed by atoms with Gasteiger partial charge in [0.1, 0.15) is 5.82 Å². The summed E-state index contributed by atoms with van der Waals surface area (Å²) in [6.45, 7) is 4.00. The smallest absolute Gasteiger partial charge is 0.211 e. The molecular weight excluding hydrogens is 321 g/mol. The van der Waals surface area contributed by atoms with E-state index in [0.717, 1.165) is 12.5 Å². The highest BCUT2D eigenvalue weighted by Gasteiger charge is 2.17. The Morgan fingerprint density at radius 1 is 1.44 bits per heavy atom. The quantitative estimate of drug-likeness (QED) is 0.811. The molecule has 0 aliphatic heterocycles. The summed E-state index contributed by atoms with van der Waals surface area (Å²) in [7, 11) is -3.63. The van der Waals surface area contributed by atoms with E-state index in [0.29, 0.717) is 18.5 Å². The number of rotatable bonds is 6. The molecule has 6 heteroatoms. The van der Waals surface area contributed by atoms with Crippen molar-refractivity contribution in [2.24, 2.45) is 0 Å². The van der Waals surface area contributed by atoms with Gasteiger partial charge in [-0.1, -0.05) is 28.9 Å². The molecule has 1 rings (SSSR count). The van der Waals surface area contributed by atoms with Gasteiger partial charge in [-0.3, -0.25) is 0 Å². The Morgan fingerprint density at radius 2 is 2.11 bits per heavy atom. The zero-order valence-electron chi connectivity index (χ0n) is 10.4. The lowest BCUT2D eigenvalue weighted by Crippen LogP contribution is -2.27. The minimum atomic E-state index is -3.63. The van der Waals surface area contributed by atoms with Crippen molar-refractivity contribution in [3.63, 3.8) is 0 Å². The average molecular weight is 338 g/mol. The van der Waals surface area contributed by atoms with Gasteiger partial charge in [-0.25, -0.2) is 17.5 Å². The number of halogens is 2. The van der Waals surface area contributed by atoms with Gasteiger partial charge in [0.2, 0.25) is 10.0 Å². The normalized spacial score (nSPS) is 13.6. The molecule has 0 saturated carbocycles. The van der Waals surface area contributed by atoms with Crippen molar-refractivity contribution in [2.75, 3.05) is 6.54 Å². The van der Waals surface area contributed by atoms with E-state index in [-0.39, 0.29) is 9.72 Å². The summed E-state index contributed by atoms with van der Waals surface area (Å²) in [6.07, 6.45) is 1.63. The maximum Gasteiger partial charge on any atom is 0.240 e. The van der Waals surface area contributed by atoms with Gasteiger partial charge in [0.25, 0.3) is 0 Å². The van der Waals surface area contributed by atoms with E-state index in [1.54, 1.807) is 6.92 Å². The molecule has 0 saturated heterocycles. The second-order valence-electron chi connectivity index (χ2n) is 4.10. The van der Waals surface area contributed by atoms with Crippen molar-refractivity contribution >= 4 is 26.0 Å². The zero-order chi connectivity index (χ0) is 13.8. The van der Waals surface area contributed by atoms with Crippen molar-refractivity contribution in [1.82, 2.24) is 4.72 Å². The Hall–Kier alpha value is -0.460. The first-order valence-electron chi connectivity index (χ1n) is 5.76. The maximum atomic E-state index is 13.1. The van der Waals surface area contributed by atoms with Crippen LogP contribution >= 0.6 is 15.9 Å². The minimum Gasteiger partial charge on any atom is -0.211 e. The molecule has 0 radical (unpaired) electrons. The Labute approximate surface area is 116 Å². The van der Waals surface area contributed by atoms with Gasteiger partial charge >= 0.3 is 0 Å². The summed E-state index contributed by atoms with van der Waals surface area (Å²) >= 11 is 3.43. The van der Waals surface area contributed by atoms with Crippen molar-refractivity contribution in [1.29, 1.82) is 0 Å². The molecule has 1 N–H and O–H groups in total. The molecular formula is C12H17BrFNO2S. The highest BCUT2D eigenvalue weighted by Crippen LogP contribution is 2.16. The number of alkyl halides is 1. The molecule has 18 heavy (non-hydrogen) atoms. The van der Waals surface area contributed by atoms with Gasteiger partial charge in [0.05, 0.1) is 4.90 Å². The third-order valence-corrected chi connectivity index (χ3v) is 5.34. The molecule has 0 aliphatic rings. The van der Waals surface area contributed by atoms with Crippen LogP contribution in [0.1, 0.15) is 25.3 Å². The molecule has 0 heterocycles. The van der Waals surface area contributed by atoms with Gasteiger partial charge in [-0.2, -0.15) is 0 Å². The topological polar surface area (TPSA) is 46.2 Å². The van der Waals surface area contributed by atoms with Crippen LogP contribution in [0.3, 0.4) is 0 Å². The largest absolute Gasteiger partial charge is 0.240 e. The predicted octanol–water partition coefficient (Wildman–Crippen LogP) is 2.98. The van der Waals surface area contributed by atoms with Crippen LogP contribution in [0.15, 0.2) is 23.1 Å². The molecule has 3 nitrogen and oxygen atoms in total. The zero-order valence-corrected chi connectivity index (χ0v) is 12.8. The fourth-order valence-electron chi connectivity index (χ4n) is 1.50. The lowest BCUT2D eigenvalue weighted by molar-refractivity contribution is 0.573. The number of benzene rings is 1. The first-order chi connectivity index (χ1) is 8.36. The first-order valence-corrected chi connectivity index (χ1v) is 8.16. The van der Waals surface area contributed by atoms with Gasteiger partial charge in [0.15, 0.2) is 0 Å². The van der Waals surface area contributed by atoms with Crippen LogP contribution in [0.25, 0.3) is 0 Å². The minimum absolute atomic E-state index is 0.00474. The maximum absolute atomic E-state index is 13.1. The molecule has 1 aromatic carbocycles. The molecule has 0 spiro atoms. The molecule has 0 fully saturated rings. The van der Waals surface area contributed by atoms with Crippen LogP contribution in [-0.4, -0.2) is 19.8 Å². The summed E-state index contributed by atoms with van der Waals surface area (Å²) in [4.78, 5) is 0.291. The molecule has 0 bridgehead atoms. The van der Waals surface area contributed by atoms with E-state index in [2.05, 4.69) is 20.7 Å². The number of hydrogen-bond acceptors (Lipinski definition) is 2. The Balaban J connectivity index is 2.77.